The Morgan fingerprint density at radius 3 is 2.75 bits per heavy atom. The molecule has 0 radical (unpaired) electrons. The van der Waals surface area contributed by atoms with Gasteiger partial charge in [0.25, 0.3) is 5.91 Å². The first kappa shape index (κ1) is 11.5. The van der Waals surface area contributed by atoms with Crippen LogP contribution < -0.4 is 4.90 Å². The van der Waals surface area contributed by atoms with Gasteiger partial charge in [-0.1, -0.05) is 42.5 Å². The number of anilines is 1. The van der Waals surface area contributed by atoms with E-state index in [-0.39, 0.29) is 5.91 Å². The third kappa shape index (κ3) is 1.61. The Balaban J connectivity index is 1.78. The molecule has 1 amide bonds. The van der Waals surface area contributed by atoms with Crippen LogP contribution in [0.4, 0.5) is 5.69 Å². The molecule has 98 valence electrons. The summed E-state index contributed by atoms with van der Waals surface area (Å²) in [5, 5.41) is 0. The van der Waals surface area contributed by atoms with Crippen molar-refractivity contribution in [1.29, 1.82) is 0 Å². The first-order chi connectivity index (χ1) is 9.84. The van der Waals surface area contributed by atoms with Crippen LogP contribution in [0.15, 0.2) is 54.6 Å². The Morgan fingerprint density at radius 1 is 1.05 bits per heavy atom. The number of benzene rings is 2. The van der Waals surface area contributed by atoms with E-state index in [4.69, 9.17) is 0 Å². The predicted octanol–water partition coefficient (Wildman–Crippen LogP) is 3.85. The lowest BCUT2D eigenvalue weighted by Crippen LogP contribution is -2.29. The molecule has 0 unspecified atom stereocenters. The molecule has 1 heterocycles. The normalized spacial score (nSPS) is 19.0. The van der Waals surface area contributed by atoms with Gasteiger partial charge in [-0.3, -0.25) is 4.79 Å². The van der Waals surface area contributed by atoms with E-state index in [0.29, 0.717) is 5.92 Å². The maximum atomic E-state index is 12.7. The molecule has 2 aliphatic rings. The summed E-state index contributed by atoms with van der Waals surface area (Å²) in [5.74, 6) is 0.562. The van der Waals surface area contributed by atoms with Crippen LogP contribution in [0.25, 0.3) is 6.08 Å². The molecule has 1 atom stereocenters. The molecule has 0 saturated heterocycles. The summed E-state index contributed by atoms with van der Waals surface area (Å²) >= 11 is 0. The largest absolute Gasteiger partial charge is 0.307 e. The molecule has 0 saturated carbocycles. The van der Waals surface area contributed by atoms with Crippen molar-refractivity contribution in [1.82, 2.24) is 0 Å². The Hall–Kier alpha value is -2.35. The van der Waals surface area contributed by atoms with Crippen LogP contribution in [0.2, 0.25) is 0 Å². The molecule has 2 nitrogen and oxygen atoms in total. The lowest BCUT2D eigenvalue weighted by Gasteiger charge is -2.17. The first-order valence-corrected chi connectivity index (χ1v) is 7.01. The van der Waals surface area contributed by atoms with Gasteiger partial charge in [-0.25, -0.2) is 0 Å². The fraction of sp³-hybridized carbons (Fsp3) is 0.167. The van der Waals surface area contributed by atoms with E-state index in [1.54, 1.807) is 0 Å². The predicted molar refractivity (Wildman–Crippen MR) is 81.0 cm³/mol. The number of nitrogens with zero attached hydrogens (tertiary/aromatic N) is 1. The molecule has 1 aliphatic carbocycles. The monoisotopic (exact) mass is 261 g/mol. The van der Waals surface area contributed by atoms with Gasteiger partial charge >= 0.3 is 0 Å². The van der Waals surface area contributed by atoms with Crippen LogP contribution >= 0.6 is 0 Å². The number of amides is 1. The average Bonchev–Trinajstić information content (AvgIpc) is 2.89. The second-order valence-electron chi connectivity index (χ2n) is 5.40. The second kappa shape index (κ2) is 4.34. The van der Waals surface area contributed by atoms with Gasteiger partial charge in [0.2, 0.25) is 0 Å². The van der Waals surface area contributed by atoms with Gasteiger partial charge in [-0.05, 0) is 35.7 Å². The molecule has 0 aromatic heterocycles. The van der Waals surface area contributed by atoms with Crippen molar-refractivity contribution in [3.8, 4) is 0 Å². The van der Waals surface area contributed by atoms with Gasteiger partial charge in [-0.15, -0.1) is 0 Å². The van der Waals surface area contributed by atoms with Crippen LogP contribution in [0.3, 0.4) is 0 Å². The molecule has 1 aliphatic heterocycles. The minimum Gasteiger partial charge on any atom is -0.307 e. The van der Waals surface area contributed by atoms with Crippen molar-refractivity contribution in [2.24, 2.45) is 0 Å². The average molecular weight is 261 g/mol. The van der Waals surface area contributed by atoms with Crippen molar-refractivity contribution in [2.75, 3.05) is 11.4 Å². The van der Waals surface area contributed by atoms with Crippen LogP contribution in [0, 0.1) is 0 Å². The third-order valence-corrected chi connectivity index (χ3v) is 4.20. The number of rotatable bonds is 1. The zero-order valence-corrected chi connectivity index (χ0v) is 11.1. The summed E-state index contributed by atoms with van der Waals surface area (Å²) < 4.78 is 0. The van der Waals surface area contributed by atoms with Crippen molar-refractivity contribution >= 4 is 17.7 Å². The molecular formula is C18H15NO. The maximum Gasteiger partial charge on any atom is 0.258 e. The molecule has 2 aromatic carbocycles. The highest BCUT2D eigenvalue weighted by Crippen LogP contribution is 2.43. The number of carbonyl (C=O) groups is 1. The Bertz CT molecular complexity index is 703. The zero-order chi connectivity index (χ0) is 13.5. The van der Waals surface area contributed by atoms with Gasteiger partial charge in [0.1, 0.15) is 0 Å². The number of carbonyl (C=O) groups excluding carboxylic acids is 1. The Labute approximate surface area is 118 Å². The van der Waals surface area contributed by atoms with Gasteiger partial charge in [-0.2, -0.15) is 0 Å². The quantitative estimate of drug-likeness (QED) is 0.763. The molecular weight excluding hydrogens is 246 g/mol. The van der Waals surface area contributed by atoms with E-state index in [9.17, 15) is 4.79 Å². The van der Waals surface area contributed by atoms with Crippen LogP contribution in [0.5, 0.6) is 0 Å². The molecule has 20 heavy (non-hydrogen) atoms. The van der Waals surface area contributed by atoms with E-state index in [1.807, 2.05) is 41.3 Å². The lowest BCUT2D eigenvalue weighted by atomic mass is 9.89. The van der Waals surface area contributed by atoms with Gasteiger partial charge in [0.15, 0.2) is 0 Å². The molecule has 4 rings (SSSR count). The highest BCUT2D eigenvalue weighted by molar-refractivity contribution is 6.07. The highest BCUT2D eigenvalue weighted by atomic mass is 16.2. The van der Waals surface area contributed by atoms with Crippen LogP contribution in [-0.2, 0) is 0 Å². The molecule has 0 bridgehead atoms. The zero-order valence-electron chi connectivity index (χ0n) is 11.1. The number of hydrogen-bond acceptors (Lipinski definition) is 1. The Morgan fingerprint density at radius 2 is 1.90 bits per heavy atom. The van der Waals surface area contributed by atoms with Crippen molar-refractivity contribution in [3.05, 3.63) is 71.3 Å². The third-order valence-electron chi connectivity index (χ3n) is 4.20. The van der Waals surface area contributed by atoms with E-state index in [2.05, 4.69) is 24.3 Å². The number of allylic oxidation sites excluding steroid dienone is 1. The Kier molecular flexibility index (Phi) is 2.49. The smallest absolute Gasteiger partial charge is 0.258 e. The topological polar surface area (TPSA) is 20.3 Å². The summed E-state index contributed by atoms with van der Waals surface area (Å²) in [4.78, 5) is 14.6. The summed E-state index contributed by atoms with van der Waals surface area (Å²) in [6.45, 7) is 0.796. The van der Waals surface area contributed by atoms with Gasteiger partial charge in [0, 0.05) is 23.7 Å². The van der Waals surface area contributed by atoms with Crippen LogP contribution in [0.1, 0.15) is 33.8 Å². The van der Waals surface area contributed by atoms with Crippen molar-refractivity contribution in [3.63, 3.8) is 0 Å². The minimum absolute atomic E-state index is 0.105. The molecule has 0 spiro atoms. The molecule has 0 fully saturated rings. The van der Waals surface area contributed by atoms with E-state index in [1.165, 1.54) is 11.1 Å². The summed E-state index contributed by atoms with van der Waals surface area (Å²) in [6, 6.07) is 15.8. The van der Waals surface area contributed by atoms with Crippen molar-refractivity contribution in [2.45, 2.75) is 12.3 Å². The molecule has 2 heteroatoms. The van der Waals surface area contributed by atoms with Gasteiger partial charge < -0.3 is 4.90 Å². The summed E-state index contributed by atoms with van der Waals surface area (Å²) in [6.07, 6.45) is 5.42. The fourth-order valence-electron chi connectivity index (χ4n) is 3.29. The molecule has 2 aromatic rings. The SMILES string of the molecule is O=C(c1ccccc1)N1C[C@H]2CC=Cc3cccc1c32. The van der Waals surface area contributed by atoms with E-state index >= 15 is 0 Å². The standard InChI is InChI=1S/C18H15NO/c20-18(14-6-2-1-3-7-14)19-12-15-10-4-8-13-9-5-11-16(19)17(13)15/h1-9,11,15H,10,12H2/t15-/m1/s1. The first-order valence-electron chi connectivity index (χ1n) is 7.01. The van der Waals surface area contributed by atoms with E-state index < -0.39 is 0 Å². The lowest BCUT2D eigenvalue weighted by molar-refractivity contribution is 0.0988. The van der Waals surface area contributed by atoms with Crippen molar-refractivity contribution < 1.29 is 4.79 Å². The maximum absolute atomic E-state index is 12.7. The number of hydrogen-bond donors (Lipinski definition) is 0. The summed E-state index contributed by atoms with van der Waals surface area (Å²) in [5.41, 5.74) is 4.46. The van der Waals surface area contributed by atoms with Gasteiger partial charge in [0.05, 0.1) is 0 Å². The fourth-order valence-corrected chi connectivity index (χ4v) is 3.29. The molecule has 0 N–H and O–H groups in total. The highest BCUT2D eigenvalue weighted by Gasteiger charge is 2.34. The van der Waals surface area contributed by atoms with E-state index in [0.717, 1.165) is 24.2 Å². The second-order valence-corrected chi connectivity index (χ2v) is 5.40. The minimum atomic E-state index is 0.105. The summed E-state index contributed by atoms with van der Waals surface area (Å²) in [7, 11) is 0. The van der Waals surface area contributed by atoms with Crippen LogP contribution in [-0.4, -0.2) is 12.5 Å².